The number of hydrogen-bond donors (Lipinski definition) is 1. The molecule has 0 fully saturated rings. The van der Waals surface area contributed by atoms with Crippen LogP contribution in [-0.4, -0.2) is 13.6 Å². The SMILES string of the molecule is CNCCc1cccc(-c2ccc(Cl)cc2)c1.Cl. The summed E-state index contributed by atoms with van der Waals surface area (Å²) in [5.74, 6) is 0. The molecular weight excluding hydrogens is 265 g/mol. The van der Waals surface area contributed by atoms with Gasteiger partial charge in [-0.15, -0.1) is 12.4 Å². The predicted octanol–water partition coefficient (Wildman–Crippen LogP) is 4.19. The molecule has 0 heterocycles. The van der Waals surface area contributed by atoms with E-state index in [2.05, 4.69) is 41.7 Å². The molecule has 0 bridgehead atoms. The first-order valence-electron chi connectivity index (χ1n) is 5.79. The first kappa shape index (κ1) is 15.0. The van der Waals surface area contributed by atoms with Crippen LogP contribution in [0.2, 0.25) is 5.02 Å². The first-order valence-corrected chi connectivity index (χ1v) is 6.17. The molecule has 0 atom stereocenters. The standard InChI is InChI=1S/C15H16ClN.ClH/c1-17-10-9-12-3-2-4-14(11-12)13-5-7-15(16)8-6-13;/h2-8,11,17H,9-10H2,1H3;1H. The van der Waals surface area contributed by atoms with Gasteiger partial charge in [-0.3, -0.25) is 0 Å². The molecule has 0 radical (unpaired) electrons. The average Bonchev–Trinajstić information content (AvgIpc) is 2.37. The molecule has 0 aliphatic heterocycles. The van der Waals surface area contributed by atoms with E-state index in [1.54, 1.807) is 0 Å². The van der Waals surface area contributed by atoms with E-state index in [1.807, 2.05) is 19.2 Å². The first-order chi connectivity index (χ1) is 8.29. The minimum Gasteiger partial charge on any atom is -0.319 e. The van der Waals surface area contributed by atoms with Crippen molar-refractivity contribution in [1.29, 1.82) is 0 Å². The van der Waals surface area contributed by atoms with Gasteiger partial charge in [-0.1, -0.05) is 48.0 Å². The Hall–Kier alpha value is -1.02. The van der Waals surface area contributed by atoms with E-state index in [0.717, 1.165) is 18.0 Å². The molecule has 2 aromatic carbocycles. The van der Waals surface area contributed by atoms with Crippen LogP contribution in [0.5, 0.6) is 0 Å². The lowest BCUT2D eigenvalue weighted by molar-refractivity contribution is 0.792. The van der Waals surface area contributed by atoms with Crippen LogP contribution in [0.3, 0.4) is 0 Å². The number of benzene rings is 2. The van der Waals surface area contributed by atoms with Gasteiger partial charge in [0.15, 0.2) is 0 Å². The van der Waals surface area contributed by atoms with Crippen molar-refractivity contribution in [1.82, 2.24) is 5.32 Å². The second-order valence-electron chi connectivity index (χ2n) is 4.06. The summed E-state index contributed by atoms with van der Waals surface area (Å²) >= 11 is 5.89. The summed E-state index contributed by atoms with van der Waals surface area (Å²) in [6.45, 7) is 1.00. The van der Waals surface area contributed by atoms with E-state index in [9.17, 15) is 0 Å². The molecule has 0 amide bonds. The largest absolute Gasteiger partial charge is 0.319 e. The molecule has 0 aliphatic carbocycles. The number of nitrogens with one attached hydrogen (secondary N) is 1. The minimum absolute atomic E-state index is 0. The van der Waals surface area contributed by atoms with Crippen molar-refractivity contribution in [2.45, 2.75) is 6.42 Å². The van der Waals surface area contributed by atoms with Gasteiger partial charge >= 0.3 is 0 Å². The molecule has 0 unspecified atom stereocenters. The van der Waals surface area contributed by atoms with Crippen LogP contribution in [0.4, 0.5) is 0 Å². The molecule has 0 saturated heterocycles. The highest BCUT2D eigenvalue weighted by molar-refractivity contribution is 6.30. The third kappa shape index (κ3) is 4.02. The van der Waals surface area contributed by atoms with Gasteiger partial charge in [-0.05, 0) is 48.8 Å². The second kappa shape index (κ2) is 7.42. The fraction of sp³-hybridized carbons (Fsp3) is 0.200. The molecule has 18 heavy (non-hydrogen) atoms. The minimum atomic E-state index is 0. The van der Waals surface area contributed by atoms with Crippen molar-refractivity contribution in [2.75, 3.05) is 13.6 Å². The molecular formula is C15H17Cl2N. The molecule has 96 valence electrons. The molecule has 3 heteroatoms. The van der Waals surface area contributed by atoms with Gasteiger partial charge in [0.2, 0.25) is 0 Å². The molecule has 0 aliphatic rings. The van der Waals surface area contributed by atoms with E-state index in [1.165, 1.54) is 16.7 Å². The summed E-state index contributed by atoms with van der Waals surface area (Å²) in [5.41, 5.74) is 3.81. The topological polar surface area (TPSA) is 12.0 Å². The zero-order chi connectivity index (χ0) is 12.1. The van der Waals surface area contributed by atoms with Gasteiger partial charge in [-0.25, -0.2) is 0 Å². The van der Waals surface area contributed by atoms with Gasteiger partial charge in [-0.2, -0.15) is 0 Å². The quantitative estimate of drug-likeness (QED) is 0.886. The zero-order valence-corrected chi connectivity index (χ0v) is 11.9. The van der Waals surface area contributed by atoms with Crippen molar-refractivity contribution in [2.24, 2.45) is 0 Å². The molecule has 1 N–H and O–H groups in total. The van der Waals surface area contributed by atoms with Crippen LogP contribution >= 0.6 is 24.0 Å². The van der Waals surface area contributed by atoms with Crippen LogP contribution in [0.1, 0.15) is 5.56 Å². The van der Waals surface area contributed by atoms with Crippen molar-refractivity contribution in [3.63, 3.8) is 0 Å². The summed E-state index contributed by atoms with van der Waals surface area (Å²) in [6.07, 6.45) is 1.05. The highest BCUT2D eigenvalue weighted by Crippen LogP contribution is 2.22. The van der Waals surface area contributed by atoms with E-state index < -0.39 is 0 Å². The molecule has 0 saturated carbocycles. The predicted molar refractivity (Wildman–Crippen MR) is 81.8 cm³/mol. The van der Waals surface area contributed by atoms with E-state index in [4.69, 9.17) is 11.6 Å². The summed E-state index contributed by atoms with van der Waals surface area (Å²) in [5, 5.41) is 3.94. The monoisotopic (exact) mass is 281 g/mol. The molecule has 0 spiro atoms. The normalized spacial score (nSPS) is 9.89. The third-order valence-corrected chi connectivity index (χ3v) is 3.02. The van der Waals surface area contributed by atoms with Crippen LogP contribution in [-0.2, 0) is 6.42 Å². The Bertz CT molecular complexity index is 480. The molecule has 2 aromatic rings. The Kier molecular flexibility index (Phi) is 6.20. The molecule has 2 rings (SSSR count). The summed E-state index contributed by atoms with van der Waals surface area (Å²) in [6, 6.07) is 16.6. The Labute approximate surface area is 120 Å². The maximum Gasteiger partial charge on any atom is 0.0406 e. The Morgan fingerprint density at radius 3 is 2.39 bits per heavy atom. The molecule has 1 nitrogen and oxygen atoms in total. The van der Waals surface area contributed by atoms with E-state index >= 15 is 0 Å². The van der Waals surface area contributed by atoms with Crippen LogP contribution in [0.25, 0.3) is 11.1 Å². The average molecular weight is 282 g/mol. The summed E-state index contributed by atoms with van der Waals surface area (Å²) in [7, 11) is 1.98. The Balaban J connectivity index is 0.00000162. The van der Waals surface area contributed by atoms with Gasteiger partial charge < -0.3 is 5.32 Å². The maximum absolute atomic E-state index is 5.89. The smallest absolute Gasteiger partial charge is 0.0406 e. The fourth-order valence-corrected chi connectivity index (χ4v) is 1.94. The second-order valence-corrected chi connectivity index (χ2v) is 4.50. The lowest BCUT2D eigenvalue weighted by atomic mass is 10.0. The van der Waals surface area contributed by atoms with Crippen molar-refractivity contribution in [3.8, 4) is 11.1 Å². The Morgan fingerprint density at radius 2 is 1.72 bits per heavy atom. The van der Waals surface area contributed by atoms with E-state index in [-0.39, 0.29) is 12.4 Å². The lowest BCUT2D eigenvalue weighted by Crippen LogP contribution is -2.10. The number of rotatable bonds is 4. The Morgan fingerprint density at radius 1 is 1.00 bits per heavy atom. The van der Waals surface area contributed by atoms with Crippen LogP contribution < -0.4 is 5.32 Å². The fourth-order valence-electron chi connectivity index (χ4n) is 1.82. The van der Waals surface area contributed by atoms with Crippen molar-refractivity contribution >= 4 is 24.0 Å². The number of halogens is 2. The number of hydrogen-bond acceptors (Lipinski definition) is 1. The number of likely N-dealkylation sites (N-methyl/N-ethyl adjacent to an activating group) is 1. The third-order valence-electron chi connectivity index (χ3n) is 2.77. The van der Waals surface area contributed by atoms with E-state index in [0.29, 0.717) is 0 Å². The molecule has 0 aromatic heterocycles. The lowest BCUT2D eigenvalue weighted by Gasteiger charge is -2.05. The van der Waals surface area contributed by atoms with Crippen molar-refractivity contribution < 1.29 is 0 Å². The van der Waals surface area contributed by atoms with Gasteiger partial charge in [0.25, 0.3) is 0 Å². The summed E-state index contributed by atoms with van der Waals surface area (Å²) in [4.78, 5) is 0. The van der Waals surface area contributed by atoms with Crippen LogP contribution in [0.15, 0.2) is 48.5 Å². The van der Waals surface area contributed by atoms with Gasteiger partial charge in [0.05, 0.1) is 0 Å². The highest BCUT2D eigenvalue weighted by Gasteiger charge is 1.99. The van der Waals surface area contributed by atoms with Gasteiger partial charge in [0, 0.05) is 5.02 Å². The maximum atomic E-state index is 5.89. The van der Waals surface area contributed by atoms with Crippen molar-refractivity contribution in [3.05, 3.63) is 59.1 Å². The highest BCUT2D eigenvalue weighted by atomic mass is 35.5. The zero-order valence-electron chi connectivity index (χ0n) is 10.3. The van der Waals surface area contributed by atoms with Crippen LogP contribution in [0, 0.1) is 0 Å². The van der Waals surface area contributed by atoms with Gasteiger partial charge in [0.1, 0.15) is 0 Å². The summed E-state index contributed by atoms with van der Waals surface area (Å²) < 4.78 is 0.